The van der Waals surface area contributed by atoms with Gasteiger partial charge in [-0.05, 0) is 112 Å². The summed E-state index contributed by atoms with van der Waals surface area (Å²) in [5.41, 5.74) is -3.42. The second-order valence-corrected chi connectivity index (χ2v) is 21.9. The maximum atomic E-state index is 14.5. The number of ether oxygens (including phenoxy) is 7. The molecule has 18 atom stereocenters. The molecule has 2 aromatic rings. The first-order chi connectivity index (χ1) is 32.6. The topological polar surface area (TPSA) is 229 Å². The molecule has 1 aromatic heterocycles. The van der Waals surface area contributed by atoms with Gasteiger partial charge in [0, 0.05) is 48.1 Å². The van der Waals surface area contributed by atoms with Crippen molar-refractivity contribution in [1.29, 1.82) is 0 Å². The van der Waals surface area contributed by atoms with Crippen LogP contribution in [0.1, 0.15) is 106 Å². The van der Waals surface area contributed by atoms with E-state index in [1.807, 2.05) is 44.8 Å². The van der Waals surface area contributed by atoms with Crippen LogP contribution in [-0.2, 0) is 51.0 Å². The summed E-state index contributed by atoms with van der Waals surface area (Å²) in [6, 6.07) is 4.28. The second-order valence-electron chi connectivity index (χ2n) is 21.0. The highest BCUT2D eigenvalue weighted by molar-refractivity contribution is 6.35. The Balaban J connectivity index is 1.43. The lowest BCUT2D eigenvalue weighted by Gasteiger charge is -2.49. The Morgan fingerprint density at radius 3 is 2.33 bits per heavy atom. The Morgan fingerprint density at radius 1 is 1.01 bits per heavy atom. The number of aromatic nitrogens is 3. The number of nitrogens with zero attached hydrogens (tertiary/aromatic N) is 5. The highest BCUT2D eigenvalue weighted by Gasteiger charge is 2.54. The van der Waals surface area contributed by atoms with E-state index in [2.05, 4.69) is 15.6 Å². The monoisotopic (exact) mass is 1030 g/mol. The smallest absolute Gasteiger partial charge is 0.407 e. The molecule has 0 radical (unpaired) electrons. The van der Waals surface area contributed by atoms with Gasteiger partial charge in [-0.25, -0.2) is 9.48 Å². The summed E-state index contributed by atoms with van der Waals surface area (Å²) in [6.07, 6.45) is -8.24. The van der Waals surface area contributed by atoms with Crippen LogP contribution in [-0.4, -0.2) is 182 Å². The van der Waals surface area contributed by atoms with Gasteiger partial charge in [0.05, 0.1) is 55.2 Å². The highest BCUT2D eigenvalue weighted by Crippen LogP contribution is 2.41. The van der Waals surface area contributed by atoms with E-state index in [1.54, 1.807) is 77.5 Å². The molecule has 21 heteroatoms. The molecule has 0 unspecified atom stereocenters. The molecule has 1 amide bonds. The molecule has 4 heterocycles. The number of methoxy groups -OCH3 is 1. The van der Waals surface area contributed by atoms with E-state index in [9.17, 15) is 30.0 Å². The van der Waals surface area contributed by atoms with Crippen molar-refractivity contribution >= 4 is 35.3 Å². The van der Waals surface area contributed by atoms with Crippen LogP contribution in [0, 0.1) is 17.8 Å². The van der Waals surface area contributed by atoms with E-state index >= 15 is 0 Å². The van der Waals surface area contributed by atoms with Gasteiger partial charge in [-0.15, -0.1) is 5.10 Å². The Labute approximate surface area is 423 Å². The maximum absolute atomic E-state index is 14.5. The van der Waals surface area contributed by atoms with Crippen LogP contribution in [0.2, 0.25) is 10.0 Å². The Kier molecular flexibility index (Phi) is 20.0. The van der Waals surface area contributed by atoms with Crippen molar-refractivity contribution in [3.63, 3.8) is 0 Å². The van der Waals surface area contributed by atoms with Crippen LogP contribution < -0.4 is 5.32 Å². The number of halogens is 2. The highest BCUT2D eigenvalue weighted by atomic mass is 35.5. The molecule has 3 saturated heterocycles. The molecule has 398 valence electrons. The number of rotatable bonds is 12. The van der Waals surface area contributed by atoms with Crippen LogP contribution in [0.4, 0.5) is 4.79 Å². The molecule has 5 N–H and O–H groups in total. The number of amides is 1. The summed E-state index contributed by atoms with van der Waals surface area (Å²) in [4.78, 5) is 31.8. The van der Waals surface area contributed by atoms with Crippen LogP contribution in [0.3, 0.4) is 0 Å². The zero-order chi connectivity index (χ0) is 52.2. The number of likely N-dealkylation sites (N-methyl/N-ethyl adjacent to an activating group) is 2. The van der Waals surface area contributed by atoms with Crippen molar-refractivity contribution in [3.8, 4) is 0 Å². The molecule has 0 spiro atoms. The molecule has 3 aliphatic heterocycles. The van der Waals surface area contributed by atoms with Gasteiger partial charge in [-0.1, -0.05) is 55.3 Å². The number of cyclic esters (lactones) is 1. The number of benzene rings is 1. The number of nitrogens with one attached hydrogen (secondary N) is 1. The van der Waals surface area contributed by atoms with Gasteiger partial charge in [0.15, 0.2) is 18.7 Å². The summed E-state index contributed by atoms with van der Waals surface area (Å²) in [5, 5.41) is 60.1. The Bertz CT molecular complexity index is 2030. The normalized spacial score (nSPS) is 39.7. The third kappa shape index (κ3) is 13.9. The van der Waals surface area contributed by atoms with Crippen LogP contribution in [0.25, 0.3) is 0 Å². The van der Waals surface area contributed by atoms with E-state index in [0.717, 1.165) is 5.56 Å². The number of aliphatic hydroxyl groups excluding tert-OH is 2. The summed E-state index contributed by atoms with van der Waals surface area (Å²) < 4.78 is 46.2. The van der Waals surface area contributed by atoms with Crippen LogP contribution in [0.15, 0.2) is 24.4 Å². The lowest BCUT2D eigenvalue weighted by molar-refractivity contribution is -0.317. The summed E-state index contributed by atoms with van der Waals surface area (Å²) in [6.45, 7) is 18.2. The third-order valence-electron chi connectivity index (χ3n) is 14.7. The Morgan fingerprint density at radius 2 is 1.70 bits per heavy atom. The molecular weight excluding hydrogens is 951 g/mol. The van der Waals surface area contributed by atoms with Gasteiger partial charge in [-0.2, -0.15) is 0 Å². The van der Waals surface area contributed by atoms with Gasteiger partial charge < -0.3 is 68.7 Å². The van der Waals surface area contributed by atoms with Crippen LogP contribution >= 0.6 is 23.2 Å². The van der Waals surface area contributed by atoms with E-state index in [0.29, 0.717) is 35.2 Å². The minimum Gasteiger partial charge on any atom is -0.459 e. The van der Waals surface area contributed by atoms with Crippen molar-refractivity contribution < 1.29 is 63.2 Å². The zero-order valence-corrected chi connectivity index (χ0v) is 44.9. The quantitative estimate of drug-likeness (QED) is 0.180. The molecule has 3 aliphatic rings. The minimum atomic E-state index is -1.86. The molecular formula is C49H80Cl2N6O13. The first kappa shape index (κ1) is 58.1. The fraction of sp³-hybridized carbons (Fsp3) is 0.796. The first-order valence-corrected chi connectivity index (χ1v) is 25.2. The number of esters is 1. The van der Waals surface area contributed by atoms with Gasteiger partial charge in [-0.3, -0.25) is 4.79 Å². The predicted octanol–water partition coefficient (Wildman–Crippen LogP) is 4.78. The molecule has 70 heavy (non-hydrogen) atoms. The number of carbonyl (C=O) groups is 2. The first-order valence-electron chi connectivity index (χ1n) is 24.4. The van der Waals surface area contributed by atoms with E-state index < -0.39 is 102 Å². The van der Waals surface area contributed by atoms with Gasteiger partial charge in [0.25, 0.3) is 0 Å². The SMILES string of the molecule is CC[C@@H]1OC(=O)[C@H](C)[C@H](O[C@H]2C[C@@](C)(OC)[C@@H](OC(=O)NCc3cn(Cc4ccc(Cl)cc4Cl)nn3)[C@H](C)O2)[C@H](C)[C@@H](O[C@@H]2O[C@H](C)C[C@H](N(C)C)[C@H]2O)[C@](C)(O)C[C@@H](C)CN(C)[C@H](C)[C@H](O)[C@]1(C)O. The lowest BCUT2D eigenvalue weighted by Crippen LogP contribution is -2.61. The largest absolute Gasteiger partial charge is 0.459 e. The average molecular weight is 1030 g/mol. The van der Waals surface area contributed by atoms with Crippen molar-refractivity contribution in [2.75, 3.05) is 34.8 Å². The number of aliphatic hydroxyl groups is 4. The van der Waals surface area contributed by atoms with Crippen molar-refractivity contribution in [1.82, 2.24) is 30.1 Å². The fourth-order valence-electron chi connectivity index (χ4n) is 10.6. The summed E-state index contributed by atoms with van der Waals surface area (Å²) in [7, 11) is 7.06. The van der Waals surface area contributed by atoms with E-state index in [1.165, 1.54) is 14.0 Å². The number of hydrogen-bond donors (Lipinski definition) is 5. The lowest BCUT2D eigenvalue weighted by atomic mass is 9.77. The Hall–Kier alpha value is -2.76. The van der Waals surface area contributed by atoms with E-state index in [-0.39, 0.29) is 43.9 Å². The number of hydrogen-bond acceptors (Lipinski definition) is 17. The minimum absolute atomic E-state index is 0.00453. The standard InChI is InChI=1S/C49H80Cl2N6O13/c1-15-37-49(10,63)41(59)30(6)56(13)23-26(2)20-47(8,62)42(69-45-39(58)36(55(11)12)18-27(3)65-45)28(4)40(29(5)44(60)67-37)68-38-21-48(9,64-14)43(31(7)66-38)70-46(61)52-22-34-25-57(54-53-34)24-32-16-17-33(50)19-35(32)51/h16-17,19,25-31,36-43,45,58-59,62-63H,15,18,20-24H2,1-14H3,(H,52,61)/t26-,27-,28+,29-,30-,31+,36+,37+,38+,39-,40-,41+,42-,43+,45+,47-,48-,49-/m1/s1. The molecule has 0 saturated carbocycles. The summed E-state index contributed by atoms with van der Waals surface area (Å²) in [5.74, 6) is -2.87. The average Bonchev–Trinajstić information content (AvgIpc) is 3.74. The molecule has 1 aromatic carbocycles. The number of alkyl carbamates (subject to hydrolysis) is 1. The second kappa shape index (κ2) is 24.1. The van der Waals surface area contributed by atoms with Crippen molar-refractivity contribution in [3.05, 3.63) is 45.7 Å². The molecule has 3 fully saturated rings. The predicted molar refractivity (Wildman–Crippen MR) is 261 cm³/mol. The zero-order valence-electron chi connectivity index (χ0n) is 43.4. The van der Waals surface area contributed by atoms with Crippen LogP contribution in [0.5, 0.6) is 0 Å². The number of carbonyl (C=O) groups excluding carboxylic acids is 2. The molecule has 0 bridgehead atoms. The molecule has 0 aliphatic carbocycles. The third-order valence-corrected chi connectivity index (χ3v) is 15.3. The maximum Gasteiger partial charge on any atom is 0.407 e. The molecule has 19 nitrogen and oxygen atoms in total. The van der Waals surface area contributed by atoms with Crippen molar-refractivity contribution in [2.45, 2.75) is 198 Å². The molecule has 5 rings (SSSR count). The van der Waals surface area contributed by atoms with Gasteiger partial charge in [0.2, 0.25) is 0 Å². The summed E-state index contributed by atoms with van der Waals surface area (Å²) >= 11 is 12.4. The van der Waals surface area contributed by atoms with Gasteiger partial charge >= 0.3 is 12.1 Å². The van der Waals surface area contributed by atoms with Gasteiger partial charge in [0.1, 0.15) is 35.2 Å². The van der Waals surface area contributed by atoms with Crippen molar-refractivity contribution in [2.24, 2.45) is 17.8 Å². The fourth-order valence-corrected chi connectivity index (χ4v) is 11.1. The van der Waals surface area contributed by atoms with E-state index in [4.69, 9.17) is 56.4 Å².